The van der Waals surface area contributed by atoms with Gasteiger partial charge in [-0.2, -0.15) is 0 Å². The van der Waals surface area contributed by atoms with Crippen LogP contribution < -0.4 is 9.97 Å². The van der Waals surface area contributed by atoms with Crippen molar-refractivity contribution in [1.29, 1.82) is 0 Å². The summed E-state index contributed by atoms with van der Waals surface area (Å²) < 4.78 is 125. The second-order valence-corrected chi connectivity index (χ2v) is 28.5. The molecule has 4 aromatic carbocycles. The molecule has 2 aliphatic rings. The predicted octanol–water partition coefficient (Wildman–Crippen LogP) is 9.88. The molecule has 0 atom stereocenters. The number of aromatic nitrogens is 8. The Morgan fingerprint density at radius 1 is 0.289 bits per heavy atom. The van der Waals surface area contributed by atoms with Gasteiger partial charge in [-0.15, -0.1) is 46.4 Å². The van der Waals surface area contributed by atoms with E-state index in [1.807, 2.05) is 125 Å². The summed E-state index contributed by atoms with van der Waals surface area (Å²) in [7, 11) is -11.5. The van der Waals surface area contributed by atoms with E-state index in [0.717, 1.165) is 43.8 Å². The van der Waals surface area contributed by atoms with E-state index in [0.29, 0.717) is 125 Å². The normalized spacial score (nSPS) is 11.1. The third kappa shape index (κ3) is 37.6. The Morgan fingerprint density at radius 3 is 0.639 bits per heavy atom. The van der Waals surface area contributed by atoms with Crippen molar-refractivity contribution in [2.75, 3.05) is 179 Å². The Kier molecular flexibility index (Phi) is 49.9. The molecule has 24 nitrogen and oxygen atoms in total. The molecule has 3 aromatic heterocycles. The van der Waals surface area contributed by atoms with Gasteiger partial charge in [-0.05, 0) is 49.2 Å². The Balaban J connectivity index is 0.00000135. The van der Waals surface area contributed by atoms with Crippen molar-refractivity contribution in [3.05, 3.63) is 97.1 Å². The summed E-state index contributed by atoms with van der Waals surface area (Å²) in [5.41, 5.74) is 5.78. The maximum Gasteiger partial charge on any atom is 2.00 e. The summed E-state index contributed by atoms with van der Waals surface area (Å²) >= 11 is 18.6. The number of hydrogen-bond donors (Lipinski definition) is 0. The molecule has 0 unspecified atom stereocenters. The first-order chi connectivity index (χ1) is 46.0. The quantitative estimate of drug-likeness (QED) is 0.0250. The fourth-order valence-electron chi connectivity index (χ4n) is 7.76. The second-order valence-electron chi connectivity index (χ2n) is 19.4. The first-order valence-corrected chi connectivity index (χ1v) is 41.2. The molecule has 2 aliphatic heterocycles. The molecule has 0 amide bonds. The van der Waals surface area contributed by atoms with Crippen molar-refractivity contribution in [1.82, 2.24) is 39.9 Å². The predicted molar refractivity (Wildman–Crippen MR) is 389 cm³/mol. The number of nitrogens with zero attached hydrogens (tertiary/aromatic N) is 8. The zero-order valence-electron chi connectivity index (χ0n) is 56.9. The van der Waals surface area contributed by atoms with Crippen LogP contribution in [-0.2, 0) is 94.3 Å². The maximum absolute atomic E-state index is 10.6. The third-order valence-electron chi connectivity index (χ3n) is 12.0. The second kappa shape index (κ2) is 52.4. The molecule has 9 rings (SSSR count). The standard InChI is InChI=1S/C32H16N8.4C7H16O4S.4CH3Cl.Cu/c1-2-10-18-17(9-1)25-33-26(18)38-28-21-13-5-6-14-22(21)30(35-28)40-32-24-16-8-7-15-23(24)31(36-32)39-29-20-12-4-3-11-19(20)27(34-29)37-25;4*1-3-10-4-5-11-6-7-12(2,8)9;4*1-2;/h1-16H;4*3-7H2,1-2H3;4*1H3;/q-2;;;;;;;;;+2. The number of rotatable bonds is 28. The Hall–Kier alpha value is -4.60. The van der Waals surface area contributed by atoms with Crippen LogP contribution in [0.1, 0.15) is 27.7 Å². The first-order valence-electron chi connectivity index (χ1n) is 30.0. The van der Waals surface area contributed by atoms with Crippen LogP contribution in [0.3, 0.4) is 0 Å². The average Bonchev–Trinajstić information content (AvgIpc) is 1.62. The summed E-state index contributed by atoms with van der Waals surface area (Å²) in [6.45, 7) is 15.2. The van der Waals surface area contributed by atoms with Gasteiger partial charge in [0.05, 0.1) is 126 Å². The van der Waals surface area contributed by atoms with E-state index in [9.17, 15) is 33.7 Å². The molecule has 7 aromatic rings. The molecule has 0 spiro atoms. The van der Waals surface area contributed by atoms with Crippen molar-refractivity contribution >= 4 is 130 Å². The number of hydrogen-bond acceptors (Lipinski definition) is 22. The van der Waals surface area contributed by atoms with E-state index >= 15 is 0 Å². The number of fused-ring (bicyclic) bond motifs is 20. The van der Waals surface area contributed by atoms with Crippen LogP contribution in [0, 0.1) is 0 Å². The van der Waals surface area contributed by atoms with Crippen LogP contribution in [0.4, 0.5) is 0 Å². The van der Waals surface area contributed by atoms with E-state index in [4.69, 9.17) is 77.8 Å². The van der Waals surface area contributed by atoms with Crippen LogP contribution >= 0.6 is 46.4 Å². The van der Waals surface area contributed by atoms with Crippen molar-refractivity contribution in [2.45, 2.75) is 27.7 Å². The van der Waals surface area contributed by atoms with E-state index in [1.165, 1.54) is 50.6 Å². The molecule has 0 fully saturated rings. The van der Waals surface area contributed by atoms with Gasteiger partial charge in [0, 0.05) is 122 Å². The fourth-order valence-corrected chi connectivity index (χ4v) is 9.44. The van der Waals surface area contributed by atoms with Crippen LogP contribution in [0.15, 0.2) is 97.1 Å². The van der Waals surface area contributed by atoms with Gasteiger partial charge in [0.2, 0.25) is 0 Å². The van der Waals surface area contributed by atoms with Gasteiger partial charge >= 0.3 is 17.1 Å². The van der Waals surface area contributed by atoms with E-state index in [-0.39, 0.29) is 66.5 Å². The van der Waals surface area contributed by atoms with Crippen molar-refractivity contribution in [3.63, 3.8) is 0 Å². The average molecular weight is 1560 g/mol. The number of benzene rings is 4. The zero-order chi connectivity index (χ0) is 72.0. The molecule has 0 N–H and O–H groups in total. The molecular formula is C64H92Cl4CuN8O16S4. The van der Waals surface area contributed by atoms with Crippen molar-refractivity contribution in [3.8, 4) is 45.6 Å². The van der Waals surface area contributed by atoms with Gasteiger partial charge in [-0.3, -0.25) is 0 Å². The minimum absolute atomic E-state index is 0. The minimum Gasteiger partial charge on any atom is -0.379 e. The third-order valence-corrected chi connectivity index (χ3v) is 15.7. The molecule has 0 aliphatic carbocycles. The number of sulfone groups is 4. The topological polar surface area (TPSA) is 316 Å². The minimum atomic E-state index is -2.88. The molecule has 1 radical (unpaired) electrons. The molecule has 547 valence electrons. The fraction of sp³-hybridized carbons (Fsp3) is 0.500. The first kappa shape index (κ1) is 92.4. The molecule has 0 saturated carbocycles. The largest absolute Gasteiger partial charge is 2.00 e. The van der Waals surface area contributed by atoms with Crippen molar-refractivity contribution in [2.24, 2.45) is 0 Å². The van der Waals surface area contributed by atoms with Gasteiger partial charge in [-0.1, -0.05) is 97.1 Å². The summed E-state index contributed by atoms with van der Waals surface area (Å²) in [6, 6.07) is 31.8. The number of halogens is 4. The summed E-state index contributed by atoms with van der Waals surface area (Å²) in [6.07, 6.45) is 10.7. The monoisotopic (exact) mass is 1560 g/mol. The summed E-state index contributed by atoms with van der Waals surface area (Å²) in [4.78, 5) is 39.3. The van der Waals surface area contributed by atoms with Crippen LogP contribution in [0.5, 0.6) is 0 Å². The zero-order valence-corrected chi connectivity index (χ0v) is 64.2. The summed E-state index contributed by atoms with van der Waals surface area (Å²) in [5, 5.41) is 3.57. The molecule has 0 saturated heterocycles. The smallest absolute Gasteiger partial charge is 0.379 e. The molecular weight excluding hydrogens is 1470 g/mol. The number of ether oxygens (including phenoxy) is 8. The van der Waals surface area contributed by atoms with Crippen LogP contribution in [0.25, 0.3) is 89.7 Å². The molecule has 8 bridgehead atoms. The van der Waals surface area contributed by atoms with Gasteiger partial charge in [0.1, 0.15) is 39.3 Å². The summed E-state index contributed by atoms with van der Waals surface area (Å²) in [5.74, 6) is 2.54. The van der Waals surface area contributed by atoms with E-state index in [2.05, 4.69) is 46.4 Å². The van der Waals surface area contributed by atoms with E-state index < -0.39 is 39.3 Å². The van der Waals surface area contributed by atoms with Gasteiger partial charge in [-0.25, -0.2) is 43.6 Å². The van der Waals surface area contributed by atoms with E-state index in [1.54, 1.807) is 0 Å². The molecule has 33 heteroatoms. The number of alkyl halides is 4. The maximum atomic E-state index is 10.6. The van der Waals surface area contributed by atoms with Gasteiger partial charge in [0.15, 0.2) is 0 Å². The van der Waals surface area contributed by atoms with Crippen molar-refractivity contribution < 1.29 is 88.6 Å². The van der Waals surface area contributed by atoms with Crippen LogP contribution in [0.2, 0.25) is 0 Å². The Labute approximate surface area is 603 Å². The van der Waals surface area contributed by atoms with Gasteiger partial charge < -0.3 is 67.8 Å². The van der Waals surface area contributed by atoms with Crippen LogP contribution in [-0.4, -0.2) is 243 Å². The molecule has 97 heavy (non-hydrogen) atoms. The molecule has 5 heterocycles. The Morgan fingerprint density at radius 2 is 0.464 bits per heavy atom. The van der Waals surface area contributed by atoms with Gasteiger partial charge in [0.25, 0.3) is 0 Å². The SMILES string of the molecule is CCOCCOCCS(C)(=O)=O.CCOCCOCCS(C)(=O)=O.CCOCCOCCS(C)(=O)=O.CCOCCOCCS(C)(=O)=O.CCl.CCl.CCl.CCl.[Cu+2].c1ccc2c(c1)-c1nc-2nc2[n-]c(nc3nc(nc4[n-]c(n1)c1ccccc41)-c1ccccc1-3)c1ccccc21. The Bertz CT molecular complexity index is 3480.